The lowest BCUT2D eigenvalue weighted by atomic mass is 10.3. The number of nitrogens with one attached hydrogen (secondary N) is 1. The first kappa shape index (κ1) is 13.9. The van der Waals surface area contributed by atoms with Crippen molar-refractivity contribution in [3.63, 3.8) is 0 Å². The zero-order valence-electron chi connectivity index (χ0n) is 12.1. The number of aryl methyl sites for hydroxylation is 1. The Morgan fingerprint density at radius 3 is 2.36 bits per heavy atom. The molecule has 3 rings (SSSR count). The molecule has 0 saturated carbocycles. The normalized spacial score (nSPS) is 10.2. The molecule has 0 aliphatic rings. The Bertz CT molecular complexity index is 764. The molecule has 1 N–H and O–H groups in total. The van der Waals surface area contributed by atoms with Gasteiger partial charge in [-0.2, -0.15) is 0 Å². The molecular weight excluding hydrogens is 278 g/mol. The second-order valence-corrected chi connectivity index (χ2v) is 4.78. The predicted octanol–water partition coefficient (Wildman–Crippen LogP) is 3.46. The van der Waals surface area contributed by atoms with Gasteiger partial charge in [-0.15, -0.1) is 0 Å². The average Bonchev–Trinajstić information content (AvgIpc) is 2.96. The van der Waals surface area contributed by atoms with Gasteiger partial charge in [-0.05, 0) is 36.4 Å². The summed E-state index contributed by atoms with van der Waals surface area (Å²) in [5.41, 5.74) is 1.20. The minimum absolute atomic E-state index is 0.197. The third kappa shape index (κ3) is 3.15. The number of ether oxygens (including phenoxy) is 1. The summed E-state index contributed by atoms with van der Waals surface area (Å²) in [7, 11) is 1.78. The molecule has 1 amide bonds. The lowest BCUT2D eigenvalue weighted by Gasteiger charge is -2.08. The van der Waals surface area contributed by atoms with Crippen LogP contribution >= 0.6 is 0 Å². The van der Waals surface area contributed by atoms with Crippen LogP contribution in [0.2, 0.25) is 0 Å². The van der Waals surface area contributed by atoms with Crippen LogP contribution in [0.1, 0.15) is 10.5 Å². The van der Waals surface area contributed by atoms with Gasteiger partial charge in [-0.3, -0.25) is 4.79 Å². The SMILES string of the molecule is Cn1cncc1C(=O)Nc1ccc(Oc2ccccc2)cc1. The molecule has 110 valence electrons. The van der Waals surface area contributed by atoms with E-state index in [-0.39, 0.29) is 5.91 Å². The van der Waals surface area contributed by atoms with Crippen molar-refractivity contribution in [1.29, 1.82) is 0 Å². The summed E-state index contributed by atoms with van der Waals surface area (Å²) in [5.74, 6) is 1.29. The Morgan fingerprint density at radius 1 is 1.05 bits per heavy atom. The first-order chi connectivity index (χ1) is 10.7. The third-order valence-corrected chi connectivity index (χ3v) is 3.14. The number of hydrogen-bond acceptors (Lipinski definition) is 3. The molecule has 1 aromatic heterocycles. The number of amides is 1. The summed E-state index contributed by atoms with van der Waals surface area (Å²) in [4.78, 5) is 16.0. The van der Waals surface area contributed by atoms with Crippen LogP contribution in [-0.4, -0.2) is 15.5 Å². The number of para-hydroxylation sites is 1. The molecule has 0 aliphatic carbocycles. The topological polar surface area (TPSA) is 56.2 Å². The van der Waals surface area contributed by atoms with Crippen molar-refractivity contribution >= 4 is 11.6 Å². The Labute approximate surface area is 128 Å². The molecule has 0 aliphatic heterocycles. The number of rotatable bonds is 4. The first-order valence-electron chi connectivity index (χ1n) is 6.83. The quantitative estimate of drug-likeness (QED) is 0.801. The molecule has 0 saturated heterocycles. The zero-order chi connectivity index (χ0) is 15.4. The molecular formula is C17H15N3O2. The molecule has 3 aromatic rings. The molecule has 0 spiro atoms. The van der Waals surface area contributed by atoms with E-state index in [1.165, 1.54) is 6.20 Å². The van der Waals surface area contributed by atoms with Crippen molar-refractivity contribution in [2.24, 2.45) is 7.05 Å². The van der Waals surface area contributed by atoms with Crippen molar-refractivity contribution < 1.29 is 9.53 Å². The van der Waals surface area contributed by atoms with Crippen LogP contribution in [-0.2, 0) is 7.05 Å². The van der Waals surface area contributed by atoms with E-state index >= 15 is 0 Å². The van der Waals surface area contributed by atoms with Crippen LogP contribution < -0.4 is 10.1 Å². The van der Waals surface area contributed by atoms with Gasteiger partial charge in [0.05, 0.1) is 12.5 Å². The molecule has 2 aromatic carbocycles. The first-order valence-corrected chi connectivity index (χ1v) is 6.83. The minimum Gasteiger partial charge on any atom is -0.457 e. The fourth-order valence-corrected chi connectivity index (χ4v) is 2.00. The van der Waals surface area contributed by atoms with Gasteiger partial charge < -0.3 is 14.6 Å². The van der Waals surface area contributed by atoms with Crippen LogP contribution in [0, 0.1) is 0 Å². The third-order valence-electron chi connectivity index (χ3n) is 3.14. The van der Waals surface area contributed by atoms with Gasteiger partial charge in [0.15, 0.2) is 0 Å². The van der Waals surface area contributed by atoms with E-state index < -0.39 is 0 Å². The van der Waals surface area contributed by atoms with E-state index in [1.54, 1.807) is 30.1 Å². The summed E-state index contributed by atoms with van der Waals surface area (Å²) in [6.07, 6.45) is 3.12. The number of hydrogen-bond donors (Lipinski definition) is 1. The monoisotopic (exact) mass is 293 g/mol. The summed E-state index contributed by atoms with van der Waals surface area (Å²) < 4.78 is 7.37. The number of anilines is 1. The molecule has 5 heteroatoms. The lowest BCUT2D eigenvalue weighted by Crippen LogP contribution is -2.15. The van der Waals surface area contributed by atoms with E-state index in [4.69, 9.17) is 4.74 Å². The number of aromatic nitrogens is 2. The van der Waals surface area contributed by atoms with Gasteiger partial charge in [0, 0.05) is 12.7 Å². The van der Waals surface area contributed by atoms with Crippen LogP contribution in [0.5, 0.6) is 11.5 Å². The van der Waals surface area contributed by atoms with Crippen molar-refractivity contribution in [1.82, 2.24) is 9.55 Å². The minimum atomic E-state index is -0.197. The van der Waals surface area contributed by atoms with Crippen molar-refractivity contribution in [2.45, 2.75) is 0 Å². The van der Waals surface area contributed by atoms with E-state index in [0.717, 1.165) is 5.75 Å². The molecule has 1 heterocycles. The Balaban J connectivity index is 1.67. The molecule has 0 bridgehead atoms. The van der Waals surface area contributed by atoms with Gasteiger partial charge >= 0.3 is 0 Å². The summed E-state index contributed by atoms with van der Waals surface area (Å²) in [5, 5.41) is 2.82. The van der Waals surface area contributed by atoms with Crippen molar-refractivity contribution in [2.75, 3.05) is 5.32 Å². The van der Waals surface area contributed by atoms with Gasteiger partial charge in [-0.25, -0.2) is 4.98 Å². The van der Waals surface area contributed by atoms with Gasteiger partial charge in [0.25, 0.3) is 5.91 Å². The van der Waals surface area contributed by atoms with E-state index in [1.807, 2.05) is 42.5 Å². The Hall–Kier alpha value is -3.08. The zero-order valence-corrected chi connectivity index (χ0v) is 12.1. The van der Waals surface area contributed by atoms with Crippen molar-refractivity contribution in [3.8, 4) is 11.5 Å². The smallest absolute Gasteiger partial charge is 0.273 e. The number of imidazole rings is 1. The molecule has 0 atom stereocenters. The second-order valence-electron chi connectivity index (χ2n) is 4.78. The standard InChI is InChI=1S/C17H15N3O2/c1-20-12-18-11-16(20)17(21)19-13-7-9-15(10-8-13)22-14-5-3-2-4-6-14/h2-12H,1H3,(H,19,21). The maximum atomic E-state index is 12.1. The highest BCUT2D eigenvalue weighted by molar-refractivity contribution is 6.02. The molecule has 0 unspecified atom stereocenters. The fraction of sp³-hybridized carbons (Fsp3) is 0.0588. The number of benzene rings is 2. The molecule has 0 radical (unpaired) electrons. The maximum Gasteiger partial charge on any atom is 0.273 e. The number of carbonyl (C=O) groups excluding carboxylic acids is 1. The summed E-state index contributed by atoms with van der Waals surface area (Å²) >= 11 is 0. The number of nitrogens with zero attached hydrogens (tertiary/aromatic N) is 2. The average molecular weight is 293 g/mol. The highest BCUT2D eigenvalue weighted by atomic mass is 16.5. The van der Waals surface area contributed by atoms with E-state index in [9.17, 15) is 4.79 Å². The fourth-order valence-electron chi connectivity index (χ4n) is 2.00. The molecule has 22 heavy (non-hydrogen) atoms. The Kier molecular flexibility index (Phi) is 3.87. The van der Waals surface area contributed by atoms with E-state index in [2.05, 4.69) is 10.3 Å². The molecule has 0 fully saturated rings. The highest BCUT2D eigenvalue weighted by Crippen LogP contribution is 2.22. The van der Waals surface area contributed by atoms with Gasteiger partial charge in [-0.1, -0.05) is 18.2 Å². The lowest BCUT2D eigenvalue weighted by molar-refractivity contribution is 0.101. The van der Waals surface area contributed by atoms with Gasteiger partial charge in [0.1, 0.15) is 17.2 Å². The van der Waals surface area contributed by atoms with E-state index in [0.29, 0.717) is 17.1 Å². The van der Waals surface area contributed by atoms with Gasteiger partial charge in [0.2, 0.25) is 0 Å². The highest BCUT2D eigenvalue weighted by Gasteiger charge is 2.09. The molecule has 5 nitrogen and oxygen atoms in total. The maximum absolute atomic E-state index is 12.1. The largest absolute Gasteiger partial charge is 0.457 e. The van der Waals surface area contributed by atoms with Crippen LogP contribution in [0.15, 0.2) is 67.1 Å². The summed E-state index contributed by atoms with van der Waals surface area (Å²) in [6.45, 7) is 0. The van der Waals surface area contributed by atoms with Crippen LogP contribution in [0.25, 0.3) is 0 Å². The predicted molar refractivity (Wildman–Crippen MR) is 84.1 cm³/mol. The van der Waals surface area contributed by atoms with Crippen molar-refractivity contribution in [3.05, 3.63) is 72.8 Å². The van der Waals surface area contributed by atoms with Crippen LogP contribution in [0.3, 0.4) is 0 Å². The van der Waals surface area contributed by atoms with Crippen LogP contribution in [0.4, 0.5) is 5.69 Å². The summed E-state index contributed by atoms with van der Waals surface area (Å²) in [6, 6.07) is 16.8. The second kappa shape index (κ2) is 6.13. The number of carbonyl (C=O) groups is 1. The Morgan fingerprint density at radius 2 is 1.73 bits per heavy atom.